The van der Waals surface area contributed by atoms with Crippen LogP contribution in [0, 0.1) is 13.8 Å². The van der Waals surface area contributed by atoms with Gasteiger partial charge in [-0.25, -0.2) is 8.42 Å². The Morgan fingerprint density at radius 2 is 1.90 bits per heavy atom. The first-order chi connectivity index (χ1) is 14.5. The SMILES string of the molecule is Cc1nn(C)c(C)c1C[C@H](C)NC(=O)c1cccc(S(=O)(=O)N2C[C@@H](C)O[C@@H](C)C2)c1. The molecule has 0 unspecified atom stereocenters. The molecule has 1 aliphatic heterocycles. The van der Waals surface area contributed by atoms with Crippen LogP contribution in [0.5, 0.6) is 0 Å². The number of carbonyl (C=O) groups is 1. The Balaban J connectivity index is 1.74. The van der Waals surface area contributed by atoms with Crippen LogP contribution in [0.4, 0.5) is 0 Å². The molecule has 2 heterocycles. The standard InChI is InChI=1S/C22H32N4O4S/c1-14(10-21-17(4)24-25(6)18(21)5)23-22(27)19-8-7-9-20(11-19)31(28,29)26-12-15(2)30-16(3)13-26/h7-9,11,14-16H,10,12-13H2,1-6H3,(H,23,27)/t14-,15-,16+/m0/s1. The summed E-state index contributed by atoms with van der Waals surface area (Å²) >= 11 is 0. The lowest BCUT2D eigenvalue weighted by Gasteiger charge is -2.34. The van der Waals surface area contributed by atoms with E-state index >= 15 is 0 Å². The second kappa shape index (κ2) is 9.10. The van der Waals surface area contributed by atoms with E-state index in [4.69, 9.17) is 4.74 Å². The van der Waals surface area contributed by atoms with Crippen molar-refractivity contribution in [3.8, 4) is 0 Å². The molecule has 9 heteroatoms. The van der Waals surface area contributed by atoms with E-state index in [9.17, 15) is 13.2 Å². The van der Waals surface area contributed by atoms with Crippen LogP contribution in [0.25, 0.3) is 0 Å². The third kappa shape index (κ3) is 5.16. The lowest BCUT2D eigenvalue weighted by Crippen LogP contribution is -2.48. The van der Waals surface area contributed by atoms with Gasteiger partial charge in [-0.15, -0.1) is 0 Å². The lowest BCUT2D eigenvalue weighted by molar-refractivity contribution is -0.0440. The summed E-state index contributed by atoms with van der Waals surface area (Å²) in [5, 5.41) is 7.39. The zero-order valence-corrected chi connectivity index (χ0v) is 19.9. The molecule has 3 atom stereocenters. The number of amides is 1. The van der Waals surface area contributed by atoms with Crippen LogP contribution in [-0.4, -0.2) is 59.7 Å². The minimum absolute atomic E-state index is 0.119. The van der Waals surface area contributed by atoms with Crippen molar-refractivity contribution >= 4 is 15.9 Å². The van der Waals surface area contributed by atoms with E-state index in [1.54, 1.807) is 12.1 Å². The molecule has 170 valence electrons. The van der Waals surface area contributed by atoms with Gasteiger partial charge in [-0.1, -0.05) is 6.07 Å². The van der Waals surface area contributed by atoms with Gasteiger partial charge in [-0.3, -0.25) is 9.48 Å². The van der Waals surface area contributed by atoms with E-state index in [2.05, 4.69) is 10.4 Å². The molecule has 2 aromatic rings. The van der Waals surface area contributed by atoms with E-state index in [-0.39, 0.29) is 29.1 Å². The molecule has 1 aromatic heterocycles. The van der Waals surface area contributed by atoms with Crippen LogP contribution in [0.1, 0.15) is 48.1 Å². The summed E-state index contributed by atoms with van der Waals surface area (Å²) in [5.41, 5.74) is 3.45. The molecule has 8 nitrogen and oxygen atoms in total. The summed E-state index contributed by atoms with van der Waals surface area (Å²) in [4.78, 5) is 12.9. The third-order valence-electron chi connectivity index (χ3n) is 5.67. The minimum Gasteiger partial charge on any atom is -0.373 e. The van der Waals surface area contributed by atoms with Crippen molar-refractivity contribution in [2.75, 3.05) is 13.1 Å². The zero-order chi connectivity index (χ0) is 22.9. The van der Waals surface area contributed by atoms with Crippen molar-refractivity contribution in [3.05, 3.63) is 46.8 Å². The van der Waals surface area contributed by atoms with Gasteiger partial charge in [0.25, 0.3) is 5.91 Å². The number of sulfonamides is 1. The molecule has 0 spiro atoms. The number of nitrogens with zero attached hydrogens (tertiary/aromatic N) is 3. The van der Waals surface area contributed by atoms with Crippen LogP contribution < -0.4 is 5.32 Å². The average molecular weight is 449 g/mol. The molecule has 0 saturated carbocycles. The lowest BCUT2D eigenvalue weighted by atomic mass is 10.0. The fourth-order valence-electron chi connectivity index (χ4n) is 4.05. The van der Waals surface area contributed by atoms with Crippen molar-refractivity contribution in [2.24, 2.45) is 7.05 Å². The van der Waals surface area contributed by atoms with Crippen LogP contribution in [0.3, 0.4) is 0 Å². The average Bonchev–Trinajstić information content (AvgIpc) is 2.93. The Bertz CT molecular complexity index is 1050. The first kappa shape index (κ1) is 23.4. The maximum atomic E-state index is 13.1. The van der Waals surface area contributed by atoms with Gasteiger partial charge in [0.2, 0.25) is 10.0 Å². The van der Waals surface area contributed by atoms with Crippen LogP contribution in [0.2, 0.25) is 0 Å². The largest absolute Gasteiger partial charge is 0.373 e. The van der Waals surface area contributed by atoms with Crippen molar-refractivity contribution in [1.29, 1.82) is 0 Å². The van der Waals surface area contributed by atoms with E-state index in [1.165, 1.54) is 16.4 Å². The fraction of sp³-hybridized carbons (Fsp3) is 0.545. The predicted molar refractivity (Wildman–Crippen MR) is 119 cm³/mol. The van der Waals surface area contributed by atoms with Gasteiger partial charge in [0.05, 0.1) is 22.8 Å². The van der Waals surface area contributed by atoms with Crippen LogP contribution >= 0.6 is 0 Å². The molecule has 1 saturated heterocycles. The molecule has 0 radical (unpaired) electrons. The highest BCUT2D eigenvalue weighted by atomic mass is 32.2. The first-order valence-corrected chi connectivity index (χ1v) is 12.0. The molecular formula is C22H32N4O4S. The number of benzene rings is 1. The Hall–Kier alpha value is -2.23. The van der Waals surface area contributed by atoms with E-state index in [0.717, 1.165) is 17.0 Å². The van der Waals surface area contributed by atoms with E-state index in [1.807, 2.05) is 46.3 Å². The topological polar surface area (TPSA) is 93.5 Å². The Kier molecular flexibility index (Phi) is 6.88. The Morgan fingerprint density at radius 3 is 2.48 bits per heavy atom. The van der Waals surface area contributed by atoms with Gasteiger partial charge in [-0.2, -0.15) is 9.40 Å². The monoisotopic (exact) mass is 448 g/mol. The molecule has 31 heavy (non-hydrogen) atoms. The summed E-state index contributed by atoms with van der Waals surface area (Å²) in [6, 6.07) is 6.09. The van der Waals surface area contributed by atoms with Gasteiger partial charge in [0.15, 0.2) is 0 Å². The van der Waals surface area contributed by atoms with Crippen LogP contribution in [0.15, 0.2) is 29.2 Å². The van der Waals surface area contributed by atoms with Gasteiger partial charge in [0.1, 0.15) is 0 Å². The van der Waals surface area contributed by atoms with Gasteiger partial charge >= 0.3 is 0 Å². The molecule has 0 bridgehead atoms. The van der Waals surface area contributed by atoms with Gasteiger partial charge in [0, 0.05) is 37.4 Å². The number of aryl methyl sites for hydroxylation is 2. The summed E-state index contributed by atoms with van der Waals surface area (Å²) in [7, 11) is -1.81. The zero-order valence-electron chi connectivity index (χ0n) is 19.0. The minimum atomic E-state index is -3.71. The fourth-order valence-corrected chi connectivity index (χ4v) is 5.69. The number of hydrogen-bond acceptors (Lipinski definition) is 5. The summed E-state index contributed by atoms with van der Waals surface area (Å²) < 4.78 is 35.2. The van der Waals surface area contributed by atoms with Crippen molar-refractivity contribution in [2.45, 2.75) is 64.2 Å². The summed E-state index contributed by atoms with van der Waals surface area (Å²) in [5.74, 6) is -0.299. The number of rotatable bonds is 6. The second-order valence-electron chi connectivity index (χ2n) is 8.46. The molecule has 1 amide bonds. The highest BCUT2D eigenvalue weighted by molar-refractivity contribution is 7.89. The highest BCUT2D eigenvalue weighted by Crippen LogP contribution is 2.22. The molecular weight excluding hydrogens is 416 g/mol. The second-order valence-corrected chi connectivity index (χ2v) is 10.4. The summed E-state index contributed by atoms with van der Waals surface area (Å²) in [6.45, 7) is 10.2. The normalized spacial score (nSPS) is 21.1. The molecule has 1 aromatic carbocycles. The maximum Gasteiger partial charge on any atom is 0.251 e. The Labute approximate surface area is 184 Å². The number of hydrogen-bond donors (Lipinski definition) is 1. The number of aromatic nitrogens is 2. The molecule has 1 aliphatic rings. The number of nitrogens with one attached hydrogen (secondary N) is 1. The third-order valence-corrected chi connectivity index (χ3v) is 7.49. The maximum absolute atomic E-state index is 13.1. The number of ether oxygens (including phenoxy) is 1. The molecule has 3 rings (SSSR count). The smallest absolute Gasteiger partial charge is 0.251 e. The molecule has 0 aliphatic carbocycles. The highest BCUT2D eigenvalue weighted by Gasteiger charge is 2.32. The quantitative estimate of drug-likeness (QED) is 0.731. The van der Waals surface area contributed by atoms with Gasteiger partial charge in [-0.05, 0) is 64.8 Å². The first-order valence-electron chi connectivity index (χ1n) is 10.5. The van der Waals surface area contributed by atoms with Crippen molar-refractivity contribution < 1.29 is 17.9 Å². The predicted octanol–water partition coefficient (Wildman–Crippen LogP) is 2.20. The van der Waals surface area contributed by atoms with Crippen molar-refractivity contribution in [1.82, 2.24) is 19.4 Å². The van der Waals surface area contributed by atoms with E-state index in [0.29, 0.717) is 25.1 Å². The summed E-state index contributed by atoms with van der Waals surface area (Å²) in [6.07, 6.45) is 0.300. The Morgan fingerprint density at radius 1 is 1.26 bits per heavy atom. The molecule has 1 N–H and O–H groups in total. The van der Waals surface area contributed by atoms with Gasteiger partial charge < -0.3 is 10.1 Å². The van der Waals surface area contributed by atoms with Crippen LogP contribution in [-0.2, 0) is 28.2 Å². The van der Waals surface area contributed by atoms with Crippen molar-refractivity contribution in [3.63, 3.8) is 0 Å². The van der Waals surface area contributed by atoms with E-state index < -0.39 is 10.0 Å². The number of carbonyl (C=O) groups excluding carboxylic acids is 1. The number of morpholine rings is 1. The molecule has 1 fully saturated rings.